The Kier molecular flexibility index (Phi) is 5.20. The van der Waals surface area contributed by atoms with Gasteiger partial charge in [0.1, 0.15) is 11.5 Å². The fraction of sp³-hybridized carbons (Fsp3) is 0.778. The first-order valence-electron chi connectivity index (χ1n) is 9.26. The average Bonchev–Trinajstić information content (AvgIpc) is 3.08. The summed E-state index contributed by atoms with van der Waals surface area (Å²) in [6.07, 6.45) is 2.40. The van der Waals surface area contributed by atoms with Gasteiger partial charge in [0.05, 0.1) is 6.61 Å². The Balaban J connectivity index is 1.72. The lowest BCUT2D eigenvalue weighted by molar-refractivity contribution is -0.147. The highest BCUT2D eigenvalue weighted by molar-refractivity contribution is 5.77. The van der Waals surface area contributed by atoms with E-state index in [-0.39, 0.29) is 24.6 Å². The van der Waals surface area contributed by atoms with Gasteiger partial charge >= 0.3 is 12.1 Å². The molecule has 2 aliphatic rings. The van der Waals surface area contributed by atoms with Crippen molar-refractivity contribution in [2.24, 2.45) is 5.92 Å². The molecule has 0 radical (unpaired) electrons. The maximum atomic E-state index is 12.5. The third-order valence-electron chi connectivity index (χ3n) is 4.55. The molecule has 3 rings (SSSR count). The zero-order chi connectivity index (χ0) is 18.9. The Labute approximate surface area is 153 Å². The van der Waals surface area contributed by atoms with E-state index in [1.54, 1.807) is 11.8 Å². The number of aromatic nitrogens is 2. The molecule has 1 saturated carbocycles. The molecule has 1 amide bonds. The Bertz CT molecular complexity index is 662. The fourth-order valence-corrected chi connectivity index (χ4v) is 3.16. The van der Waals surface area contributed by atoms with Crippen LogP contribution in [-0.2, 0) is 14.3 Å². The van der Waals surface area contributed by atoms with Gasteiger partial charge in [-0.25, -0.2) is 4.79 Å². The van der Waals surface area contributed by atoms with E-state index < -0.39 is 11.5 Å². The molecule has 1 aliphatic carbocycles. The molecule has 8 heteroatoms. The lowest BCUT2D eigenvalue weighted by atomic mass is 9.91. The van der Waals surface area contributed by atoms with E-state index in [4.69, 9.17) is 14.0 Å². The Morgan fingerprint density at radius 1 is 1.31 bits per heavy atom. The number of carbonyl (C=O) groups excluding carboxylic acids is 2. The summed E-state index contributed by atoms with van der Waals surface area (Å²) in [5.74, 6) is 0.140. The van der Waals surface area contributed by atoms with Gasteiger partial charge in [-0.3, -0.25) is 4.79 Å². The summed E-state index contributed by atoms with van der Waals surface area (Å²) in [4.78, 5) is 30.9. The molecule has 0 bridgehead atoms. The highest BCUT2D eigenvalue weighted by Gasteiger charge is 2.42. The first-order chi connectivity index (χ1) is 12.3. The molecule has 0 unspecified atom stereocenters. The predicted octanol–water partition coefficient (Wildman–Crippen LogP) is 2.85. The van der Waals surface area contributed by atoms with Crippen molar-refractivity contribution in [3.8, 4) is 0 Å². The standard InChI is InChI=1S/C18H27N3O5/c1-5-24-16(22)13(15-19-14(20-26-15)11-6-7-11)12-8-9-21(10-12)17(23)25-18(2,3)4/h11-13H,5-10H2,1-4H3/t12-,13-/m0/s1. The molecule has 1 aromatic heterocycles. The van der Waals surface area contributed by atoms with E-state index in [1.807, 2.05) is 20.8 Å². The van der Waals surface area contributed by atoms with E-state index in [0.29, 0.717) is 37.1 Å². The molecule has 1 aromatic rings. The van der Waals surface area contributed by atoms with Crippen LogP contribution >= 0.6 is 0 Å². The van der Waals surface area contributed by atoms with Crippen molar-refractivity contribution in [2.75, 3.05) is 19.7 Å². The maximum absolute atomic E-state index is 12.5. The second-order valence-corrected chi connectivity index (χ2v) is 7.97. The van der Waals surface area contributed by atoms with Gasteiger partial charge in [0.2, 0.25) is 5.89 Å². The van der Waals surface area contributed by atoms with Gasteiger partial charge in [-0.2, -0.15) is 4.98 Å². The van der Waals surface area contributed by atoms with E-state index in [0.717, 1.165) is 12.8 Å². The Hall–Kier alpha value is -2.12. The van der Waals surface area contributed by atoms with Crippen molar-refractivity contribution in [3.05, 3.63) is 11.7 Å². The molecule has 0 aromatic carbocycles. The monoisotopic (exact) mass is 365 g/mol. The minimum atomic E-state index is -0.651. The second-order valence-electron chi connectivity index (χ2n) is 7.97. The lowest BCUT2D eigenvalue weighted by Gasteiger charge is -2.25. The SMILES string of the molecule is CCOC(=O)[C@H](c1nc(C2CC2)no1)[C@H]1CCN(C(=O)OC(C)(C)C)C1. The van der Waals surface area contributed by atoms with Gasteiger partial charge in [0.15, 0.2) is 5.82 Å². The smallest absolute Gasteiger partial charge is 0.410 e. The molecule has 144 valence electrons. The van der Waals surface area contributed by atoms with Crippen molar-refractivity contribution >= 4 is 12.1 Å². The van der Waals surface area contributed by atoms with Crippen molar-refractivity contribution in [1.29, 1.82) is 0 Å². The average molecular weight is 365 g/mol. The van der Waals surface area contributed by atoms with Crippen LogP contribution < -0.4 is 0 Å². The van der Waals surface area contributed by atoms with Gasteiger partial charge in [-0.05, 0) is 47.0 Å². The molecule has 1 aliphatic heterocycles. The molecule has 8 nitrogen and oxygen atoms in total. The minimum absolute atomic E-state index is 0.130. The summed E-state index contributed by atoms with van der Waals surface area (Å²) in [6, 6.07) is 0. The number of likely N-dealkylation sites (tertiary alicyclic amines) is 1. The summed E-state index contributed by atoms with van der Waals surface area (Å²) < 4.78 is 16.0. The predicted molar refractivity (Wildman–Crippen MR) is 91.6 cm³/mol. The molecular formula is C18H27N3O5. The first-order valence-corrected chi connectivity index (χ1v) is 9.26. The molecule has 0 spiro atoms. The van der Waals surface area contributed by atoms with Crippen LogP contribution in [0.25, 0.3) is 0 Å². The van der Waals surface area contributed by atoms with Crippen LogP contribution in [0.4, 0.5) is 4.79 Å². The molecule has 2 atom stereocenters. The van der Waals surface area contributed by atoms with Crippen molar-refractivity contribution < 1.29 is 23.6 Å². The van der Waals surface area contributed by atoms with Gasteiger partial charge in [-0.15, -0.1) is 0 Å². The number of rotatable bonds is 5. The van der Waals surface area contributed by atoms with Gasteiger partial charge in [0.25, 0.3) is 0 Å². The zero-order valence-corrected chi connectivity index (χ0v) is 15.9. The van der Waals surface area contributed by atoms with Gasteiger partial charge in [-0.1, -0.05) is 5.16 Å². The van der Waals surface area contributed by atoms with Crippen LogP contribution in [0.3, 0.4) is 0 Å². The summed E-state index contributed by atoms with van der Waals surface area (Å²) >= 11 is 0. The highest BCUT2D eigenvalue weighted by Crippen LogP contribution is 2.40. The number of ether oxygens (including phenoxy) is 2. The summed E-state index contributed by atoms with van der Waals surface area (Å²) in [5, 5.41) is 4.02. The number of esters is 1. The Morgan fingerprint density at radius 3 is 2.65 bits per heavy atom. The third-order valence-corrected chi connectivity index (χ3v) is 4.55. The van der Waals surface area contributed by atoms with Gasteiger partial charge in [0, 0.05) is 24.9 Å². The summed E-state index contributed by atoms with van der Waals surface area (Å²) in [7, 11) is 0. The highest BCUT2D eigenvalue weighted by atomic mass is 16.6. The first kappa shape index (κ1) is 18.7. The number of hydrogen-bond acceptors (Lipinski definition) is 7. The molecule has 26 heavy (non-hydrogen) atoms. The van der Waals surface area contributed by atoms with Crippen LogP contribution in [0.2, 0.25) is 0 Å². The maximum Gasteiger partial charge on any atom is 0.410 e. The van der Waals surface area contributed by atoms with Crippen LogP contribution in [0.15, 0.2) is 4.52 Å². The number of carbonyl (C=O) groups is 2. The quantitative estimate of drug-likeness (QED) is 0.740. The number of nitrogens with zero attached hydrogens (tertiary/aromatic N) is 3. The summed E-state index contributed by atoms with van der Waals surface area (Å²) in [6.45, 7) is 8.47. The molecule has 2 heterocycles. The minimum Gasteiger partial charge on any atom is -0.465 e. The van der Waals surface area contributed by atoms with Crippen LogP contribution in [0, 0.1) is 5.92 Å². The third kappa shape index (κ3) is 4.34. The number of amides is 1. The Morgan fingerprint density at radius 2 is 2.04 bits per heavy atom. The zero-order valence-electron chi connectivity index (χ0n) is 15.9. The van der Waals surface area contributed by atoms with E-state index in [1.165, 1.54) is 0 Å². The van der Waals surface area contributed by atoms with Crippen LogP contribution in [-0.4, -0.2) is 52.4 Å². The van der Waals surface area contributed by atoms with Crippen LogP contribution in [0.5, 0.6) is 0 Å². The van der Waals surface area contributed by atoms with Crippen molar-refractivity contribution in [3.63, 3.8) is 0 Å². The molecule has 0 N–H and O–H groups in total. The van der Waals surface area contributed by atoms with Gasteiger partial charge < -0.3 is 18.9 Å². The van der Waals surface area contributed by atoms with E-state index in [9.17, 15) is 9.59 Å². The fourth-order valence-electron chi connectivity index (χ4n) is 3.16. The second kappa shape index (κ2) is 7.25. The van der Waals surface area contributed by atoms with Crippen molar-refractivity contribution in [1.82, 2.24) is 15.0 Å². The molecule has 2 fully saturated rings. The topological polar surface area (TPSA) is 94.8 Å². The van der Waals surface area contributed by atoms with E-state index >= 15 is 0 Å². The summed E-state index contributed by atoms with van der Waals surface area (Å²) in [5.41, 5.74) is -0.554. The normalized spacial score (nSPS) is 21.5. The number of hydrogen-bond donors (Lipinski definition) is 0. The van der Waals surface area contributed by atoms with Crippen LogP contribution in [0.1, 0.15) is 70.5 Å². The lowest BCUT2D eigenvalue weighted by Crippen LogP contribution is -2.36. The molecule has 1 saturated heterocycles. The van der Waals surface area contributed by atoms with Crippen molar-refractivity contribution in [2.45, 2.75) is 64.4 Å². The molecular weight excluding hydrogens is 338 g/mol. The largest absolute Gasteiger partial charge is 0.465 e. The van der Waals surface area contributed by atoms with E-state index in [2.05, 4.69) is 10.1 Å².